The third kappa shape index (κ3) is 28.8. The van der Waals surface area contributed by atoms with Gasteiger partial charge >= 0.3 is 36.2 Å². The van der Waals surface area contributed by atoms with Crippen LogP contribution >= 0.6 is 64.8 Å². The SMILES string of the molecule is C=C1CCC(N2C(=O)c3cccc(NC(=O)OCC(C)SSC(C)CC(=O)N(CC(=O)O)Cc4ccccc4)c3C2=O)C(=O)N1.C=C1CCC(N2C(=O)c3cccc(NC(=O)OCC(C)SSCCC(=O)N(CC(=O)O)Cc4ccccc4)c3C2=O)C(=O)N1.C=C1CCC(N2C(=O)c3cccc(NC(=O)OCCSSC(C)CC(=O)N(CC(=O)O)Cc4ccccc4)c3C2=O)C(=O)N1. The van der Waals surface area contributed by atoms with Gasteiger partial charge < -0.3 is 60.2 Å². The fourth-order valence-corrected chi connectivity index (χ4v) is 20.8. The van der Waals surface area contributed by atoms with Crippen LogP contribution in [0, 0.1) is 0 Å². The molecule has 6 heterocycles. The predicted octanol–water partition coefficient (Wildman–Crippen LogP) is 12.1. The molecule has 0 spiro atoms. The zero-order chi connectivity index (χ0) is 96.3. The highest BCUT2D eigenvalue weighted by Gasteiger charge is 2.49. The van der Waals surface area contributed by atoms with Gasteiger partial charge in [0.15, 0.2) is 0 Å². The van der Waals surface area contributed by atoms with Crippen LogP contribution in [0.25, 0.3) is 0 Å². The molecule has 133 heavy (non-hydrogen) atoms. The Morgan fingerprint density at radius 2 is 0.692 bits per heavy atom. The van der Waals surface area contributed by atoms with E-state index in [1.165, 1.54) is 134 Å². The third-order valence-electron chi connectivity index (χ3n) is 20.6. The highest BCUT2D eigenvalue weighted by atomic mass is 33.1. The van der Waals surface area contributed by atoms with Gasteiger partial charge in [0.2, 0.25) is 35.4 Å². The standard InChI is InChI=1S/C31H34N4O8S2.2C30H32N4O8S2/c1-18-12-13-24(28(39)32-18)35-29(40)22-10-7-11-23(27(22)30(35)41)33-31(42)43-17-20(3)45-44-19(2)14-25(36)34(16-26(37)38)15-21-8-5-4-6-9-21;1-18-11-12-23(27(38)31-18)34-28(39)21-9-6-10-22(26(21)29(34)40)32-30(41)42-17-19(2)44-43-14-13-24(35)33(16-25(36)37)15-20-7-4-3-5-8-20;1-18-11-12-23(27(38)31-18)34-28(39)21-9-6-10-22(26(21)29(34)40)32-30(41)42-13-14-43-44-19(2)15-24(35)33(17-25(36)37)16-20-7-4-3-5-8-20/h4-11,19-20,24H,1,12-17H2,2-3H3,(H,32,39)(H,33,42)(H,37,38);2*3-10,19,23H,1,11-17H2,2H3,(H,31,38)(H,32,41)(H,36,37). The minimum Gasteiger partial charge on any atom is -0.480 e. The molecule has 36 nitrogen and oxygen atoms in total. The molecule has 7 unspecified atom stereocenters. The van der Waals surface area contributed by atoms with Crippen molar-refractivity contribution in [3.8, 4) is 0 Å². The number of carbonyl (C=O) groups is 18. The Bertz CT molecular complexity index is 5490. The van der Waals surface area contributed by atoms with Crippen molar-refractivity contribution < 1.29 is 116 Å². The molecule has 12 rings (SSSR count). The number of hydrogen-bond donors (Lipinski definition) is 9. The summed E-state index contributed by atoms with van der Waals surface area (Å²) < 4.78 is 15.9. The number of piperidine rings is 3. The number of hydrogen-bond acceptors (Lipinski definition) is 27. The van der Waals surface area contributed by atoms with Gasteiger partial charge in [-0.2, -0.15) is 0 Å². The van der Waals surface area contributed by atoms with Crippen molar-refractivity contribution in [2.75, 3.05) is 66.9 Å². The maximum Gasteiger partial charge on any atom is 0.411 e. The van der Waals surface area contributed by atoms with Crippen LogP contribution in [-0.4, -0.2) is 242 Å². The normalized spacial score (nSPS) is 16.9. The van der Waals surface area contributed by atoms with Crippen LogP contribution in [0.15, 0.2) is 182 Å². The number of anilines is 3. The second-order valence-corrected chi connectivity index (χ2v) is 40.1. The van der Waals surface area contributed by atoms with Crippen LogP contribution in [0.4, 0.5) is 31.4 Å². The fraction of sp³-hybridized carbons (Fsp3) is 0.341. The number of carbonyl (C=O) groups excluding carboxylic acids is 15. The molecule has 7 atom stereocenters. The number of benzene rings is 6. The highest BCUT2D eigenvalue weighted by Crippen LogP contribution is 2.39. The molecule has 702 valence electrons. The predicted molar refractivity (Wildman–Crippen MR) is 502 cm³/mol. The molecule has 15 amide bonds. The maximum atomic E-state index is 13.3. The molecule has 0 aromatic heterocycles. The molecule has 0 saturated carbocycles. The largest absolute Gasteiger partial charge is 0.480 e. The second kappa shape index (κ2) is 49.0. The molecular formula is C91H98N12O24S6. The summed E-state index contributed by atoms with van der Waals surface area (Å²) in [6, 6.07) is 38.0. The molecule has 42 heteroatoms. The molecule has 0 aliphatic carbocycles. The van der Waals surface area contributed by atoms with E-state index < -0.39 is 121 Å². The minimum absolute atomic E-state index is 0.000668. The average molecular weight is 1940 g/mol. The summed E-state index contributed by atoms with van der Waals surface area (Å²) in [4.78, 5) is 233. The highest BCUT2D eigenvalue weighted by molar-refractivity contribution is 8.77. The van der Waals surface area contributed by atoms with E-state index in [2.05, 4.69) is 51.6 Å². The monoisotopic (exact) mass is 1930 g/mol. The number of carboxylic acids is 3. The molecule has 6 aromatic rings. The van der Waals surface area contributed by atoms with Crippen LogP contribution in [0.1, 0.15) is 164 Å². The van der Waals surface area contributed by atoms with Crippen molar-refractivity contribution >= 4 is 189 Å². The Morgan fingerprint density at radius 3 is 1.03 bits per heavy atom. The number of carboxylic acid groups (broad SMARTS) is 3. The molecular weight excluding hydrogens is 1840 g/mol. The molecule has 6 aromatic carbocycles. The first kappa shape index (κ1) is 102. The summed E-state index contributed by atoms with van der Waals surface area (Å²) in [7, 11) is 8.47. The zero-order valence-corrected chi connectivity index (χ0v) is 77.6. The van der Waals surface area contributed by atoms with Crippen LogP contribution in [0.3, 0.4) is 0 Å². The summed E-state index contributed by atoms with van der Waals surface area (Å²) in [6.45, 7) is 18.1. The van der Waals surface area contributed by atoms with Crippen molar-refractivity contribution in [1.82, 2.24) is 45.3 Å². The number of fused-ring (bicyclic) bond motifs is 3. The zero-order valence-electron chi connectivity index (χ0n) is 72.7. The molecule has 3 saturated heterocycles. The molecule has 9 N–H and O–H groups in total. The fourth-order valence-electron chi connectivity index (χ4n) is 14.4. The van der Waals surface area contributed by atoms with Gasteiger partial charge in [-0.05, 0) is 105 Å². The number of aliphatic carboxylic acids is 3. The summed E-state index contributed by atoms with van der Waals surface area (Å²) >= 11 is 0. The summed E-state index contributed by atoms with van der Waals surface area (Å²) in [5, 5.41) is 42.4. The number of rotatable bonds is 39. The number of amides is 15. The van der Waals surface area contributed by atoms with Crippen molar-refractivity contribution in [3.05, 3.63) is 232 Å². The lowest BCUT2D eigenvalue weighted by Crippen LogP contribution is -2.51. The van der Waals surface area contributed by atoms with E-state index in [1.807, 2.05) is 119 Å². The van der Waals surface area contributed by atoms with E-state index in [4.69, 9.17) is 14.2 Å². The molecule has 0 radical (unpaired) electrons. The Labute approximate surface area is 788 Å². The Balaban J connectivity index is 0.000000207. The van der Waals surface area contributed by atoms with Crippen molar-refractivity contribution in [3.63, 3.8) is 0 Å². The first-order chi connectivity index (χ1) is 63.5. The average Bonchev–Trinajstić information content (AvgIpc) is 1.61. The van der Waals surface area contributed by atoms with Gasteiger partial charge in [-0.3, -0.25) is 103 Å². The number of allylic oxidation sites excluding steroid dienone is 3. The molecule has 3 fully saturated rings. The lowest BCUT2D eigenvalue weighted by Gasteiger charge is -2.29. The quantitative estimate of drug-likeness (QED) is 0.00749. The summed E-state index contributed by atoms with van der Waals surface area (Å²) in [5.41, 5.74) is 4.64. The first-order valence-corrected chi connectivity index (χ1v) is 48.9. The Hall–Kier alpha value is -12.9. The number of ether oxygens (including phenoxy) is 3. The van der Waals surface area contributed by atoms with Gasteiger partial charge in [0, 0.05) is 88.5 Å². The van der Waals surface area contributed by atoms with Crippen molar-refractivity contribution in [2.45, 2.75) is 144 Å². The summed E-state index contributed by atoms with van der Waals surface area (Å²) in [5.74, 6) is -8.55. The van der Waals surface area contributed by atoms with Crippen LogP contribution in [-0.2, 0) is 77.0 Å². The molecule has 6 aliphatic heterocycles. The van der Waals surface area contributed by atoms with E-state index in [9.17, 15) is 102 Å². The minimum atomic E-state index is -1.09. The number of nitrogens with zero attached hydrogens (tertiary/aromatic N) is 6. The lowest BCUT2D eigenvalue weighted by molar-refractivity contribution is -0.145. The van der Waals surface area contributed by atoms with Gasteiger partial charge in [0.25, 0.3) is 35.4 Å². The second-order valence-electron chi connectivity index (χ2n) is 31.1. The van der Waals surface area contributed by atoms with E-state index >= 15 is 0 Å². The molecule has 0 bridgehead atoms. The topological polar surface area (TPSA) is 487 Å². The van der Waals surface area contributed by atoms with Gasteiger partial charge in [-0.15, -0.1) is 0 Å². The van der Waals surface area contributed by atoms with Gasteiger partial charge in [-0.1, -0.05) is 208 Å². The maximum absolute atomic E-state index is 13.3. The Kier molecular flexibility index (Phi) is 37.7. The van der Waals surface area contributed by atoms with E-state index in [0.29, 0.717) is 47.9 Å². The molecule has 6 aliphatic rings. The smallest absolute Gasteiger partial charge is 0.411 e. The van der Waals surface area contributed by atoms with Crippen LogP contribution in [0.2, 0.25) is 0 Å². The van der Waals surface area contributed by atoms with Gasteiger partial charge in [0.1, 0.15) is 57.6 Å². The van der Waals surface area contributed by atoms with Crippen molar-refractivity contribution in [1.29, 1.82) is 0 Å². The van der Waals surface area contributed by atoms with Gasteiger partial charge in [-0.25, -0.2) is 14.4 Å². The van der Waals surface area contributed by atoms with Gasteiger partial charge in [0.05, 0.1) is 50.4 Å². The number of nitrogens with one attached hydrogen (secondary N) is 6. The number of imide groups is 3. The van der Waals surface area contributed by atoms with E-state index in [-0.39, 0.29) is 174 Å². The third-order valence-corrected chi connectivity index (χ3v) is 29.7. The van der Waals surface area contributed by atoms with Crippen LogP contribution in [0.5, 0.6) is 0 Å². The summed E-state index contributed by atoms with van der Waals surface area (Å²) in [6.07, 6.45) is 0.0428. The first-order valence-electron chi connectivity index (χ1n) is 41.8. The lowest BCUT2D eigenvalue weighted by atomic mass is 10.0. The Morgan fingerprint density at radius 1 is 0.391 bits per heavy atom. The van der Waals surface area contributed by atoms with Crippen LogP contribution < -0.4 is 31.9 Å². The van der Waals surface area contributed by atoms with E-state index in [1.54, 1.807) is 0 Å². The van der Waals surface area contributed by atoms with E-state index in [0.717, 1.165) is 31.4 Å². The van der Waals surface area contributed by atoms with Crippen molar-refractivity contribution in [2.24, 2.45) is 0 Å².